The third kappa shape index (κ3) is 6.36. The van der Waals surface area contributed by atoms with Gasteiger partial charge in [0, 0.05) is 12.0 Å². The Kier molecular flexibility index (Phi) is 8.08. The van der Waals surface area contributed by atoms with Gasteiger partial charge in [0.15, 0.2) is 11.6 Å². The number of amides is 1. The number of halogens is 1. The van der Waals surface area contributed by atoms with E-state index in [1.165, 1.54) is 13.2 Å². The van der Waals surface area contributed by atoms with Crippen LogP contribution < -0.4 is 10.1 Å². The lowest BCUT2D eigenvalue weighted by Crippen LogP contribution is -2.43. The van der Waals surface area contributed by atoms with E-state index in [-0.39, 0.29) is 12.4 Å². The summed E-state index contributed by atoms with van der Waals surface area (Å²) in [5.41, 5.74) is 3.63. The number of rotatable bonds is 9. The highest BCUT2D eigenvalue weighted by Crippen LogP contribution is 2.26. The first-order chi connectivity index (χ1) is 17.5. The second-order valence-electron chi connectivity index (χ2n) is 8.24. The molecule has 0 heterocycles. The molecule has 1 atom stereocenters. The zero-order valence-corrected chi connectivity index (χ0v) is 19.8. The Morgan fingerprint density at radius 3 is 2.03 bits per heavy atom. The van der Waals surface area contributed by atoms with Crippen LogP contribution in [-0.2, 0) is 22.6 Å². The molecule has 1 N–H and O–H groups in total. The maximum absolute atomic E-state index is 14.6. The van der Waals surface area contributed by atoms with Crippen molar-refractivity contribution in [2.45, 2.75) is 19.1 Å². The van der Waals surface area contributed by atoms with Crippen molar-refractivity contribution >= 4 is 11.9 Å². The molecule has 36 heavy (non-hydrogen) atoms. The summed E-state index contributed by atoms with van der Waals surface area (Å²) < 4.78 is 25.1. The molecule has 6 heteroatoms. The highest BCUT2D eigenvalue weighted by molar-refractivity contribution is 5.97. The SMILES string of the molecule is COC(=O)C(Cc1ccccc1)NC(=O)c1ccc(-c2ccc(OCc3ccccc3)c(F)c2)cc1. The fourth-order valence-corrected chi connectivity index (χ4v) is 3.77. The summed E-state index contributed by atoms with van der Waals surface area (Å²) in [4.78, 5) is 25.0. The maximum atomic E-state index is 14.6. The summed E-state index contributed by atoms with van der Waals surface area (Å²) in [6.45, 7) is 0.276. The van der Waals surface area contributed by atoms with Crippen molar-refractivity contribution in [2.75, 3.05) is 7.11 Å². The van der Waals surface area contributed by atoms with Crippen molar-refractivity contribution in [3.05, 3.63) is 126 Å². The van der Waals surface area contributed by atoms with Gasteiger partial charge in [-0.15, -0.1) is 0 Å². The van der Waals surface area contributed by atoms with Gasteiger partial charge >= 0.3 is 5.97 Å². The monoisotopic (exact) mass is 483 g/mol. The predicted molar refractivity (Wildman–Crippen MR) is 136 cm³/mol. The van der Waals surface area contributed by atoms with Crippen LogP contribution in [0.4, 0.5) is 4.39 Å². The van der Waals surface area contributed by atoms with Gasteiger partial charge in [0.25, 0.3) is 5.91 Å². The van der Waals surface area contributed by atoms with E-state index in [9.17, 15) is 14.0 Å². The summed E-state index contributed by atoms with van der Waals surface area (Å²) >= 11 is 0. The molecule has 4 aromatic carbocycles. The Balaban J connectivity index is 1.41. The van der Waals surface area contributed by atoms with E-state index in [2.05, 4.69) is 5.32 Å². The predicted octanol–water partition coefficient (Wildman–Crippen LogP) is 5.59. The third-order valence-electron chi connectivity index (χ3n) is 5.72. The summed E-state index contributed by atoms with van der Waals surface area (Å²) in [5, 5.41) is 2.75. The number of hydrogen-bond donors (Lipinski definition) is 1. The number of carbonyl (C=O) groups excluding carboxylic acids is 2. The van der Waals surface area contributed by atoms with Crippen molar-refractivity contribution in [3.8, 4) is 16.9 Å². The van der Waals surface area contributed by atoms with Crippen molar-refractivity contribution in [1.82, 2.24) is 5.32 Å². The van der Waals surface area contributed by atoms with Crippen LogP contribution in [0.2, 0.25) is 0 Å². The van der Waals surface area contributed by atoms with Gasteiger partial charge < -0.3 is 14.8 Å². The molecule has 4 rings (SSSR count). The van der Waals surface area contributed by atoms with E-state index in [0.717, 1.165) is 16.7 Å². The van der Waals surface area contributed by atoms with Gasteiger partial charge in [-0.2, -0.15) is 0 Å². The van der Waals surface area contributed by atoms with E-state index < -0.39 is 23.7 Å². The lowest BCUT2D eigenvalue weighted by molar-refractivity contribution is -0.142. The van der Waals surface area contributed by atoms with Crippen molar-refractivity contribution < 1.29 is 23.5 Å². The molecule has 4 aromatic rings. The number of carbonyl (C=O) groups is 2. The molecule has 182 valence electrons. The Morgan fingerprint density at radius 1 is 0.806 bits per heavy atom. The number of ether oxygens (including phenoxy) is 2. The molecule has 0 aliphatic heterocycles. The largest absolute Gasteiger partial charge is 0.486 e. The van der Waals surface area contributed by atoms with Gasteiger partial charge in [-0.05, 0) is 46.5 Å². The average molecular weight is 484 g/mol. The Morgan fingerprint density at radius 2 is 1.42 bits per heavy atom. The summed E-state index contributed by atoms with van der Waals surface area (Å²) in [5.74, 6) is -1.21. The van der Waals surface area contributed by atoms with E-state index in [4.69, 9.17) is 9.47 Å². The number of methoxy groups -OCH3 is 1. The molecule has 1 unspecified atom stereocenters. The minimum Gasteiger partial charge on any atom is -0.486 e. The number of hydrogen-bond acceptors (Lipinski definition) is 4. The maximum Gasteiger partial charge on any atom is 0.328 e. The number of benzene rings is 4. The fraction of sp³-hybridized carbons (Fsp3) is 0.133. The quantitative estimate of drug-likeness (QED) is 0.316. The number of nitrogens with one attached hydrogen (secondary N) is 1. The summed E-state index contributed by atoms with van der Waals surface area (Å²) in [7, 11) is 1.29. The van der Waals surface area contributed by atoms with E-state index in [1.807, 2.05) is 60.7 Å². The fourth-order valence-electron chi connectivity index (χ4n) is 3.77. The van der Waals surface area contributed by atoms with Crippen LogP contribution in [0.5, 0.6) is 5.75 Å². The van der Waals surface area contributed by atoms with Gasteiger partial charge in [0.05, 0.1) is 7.11 Å². The second kappa shape index (κ2) is 11.8. The molecule has 0 saturated heterocycles. The molecule has 0 spiro atoms. The third-order valence-corrected chi connectivity index (χ3v) is 5.72. The van der Waals surface area contributed by atoms with Crippen LogP contribution in [0, 0.1) is 5.82 Å². The van der Waals surface area contributed by atoms with Crippen LogP contribution in [0.3, 0.4) is 0 Å². The van der Waals surface area contributed by atoms with E-state index in [1.54, 1.807) is 36.4 Å². The molecular weight excluding hydrogens is 457 g/mol. The lowest BCUT2D eigenvalue weighted by Gasteiger charge is -2.17. The first-order valence-electron chi connectivity index (χ1n) is 11.5. The van der Waals surface area contributed by atoms with Crippen molar-refractivity contribution in [2.24, 2.45) is 0 Å². The van der Waals surface area contributed by atoms with Gasteiger partial charge in [-0.1, -0.05) is 78.9 Å². The summed E-state index contributed by atoms with van der Waals surface area (Å²) in [6.07, 6.45) is 0.315. The molecular formula is C30H26FNO4. The van der Waals surface area contributed by atoms with E-state index >= 15 is 0 Å². The van der Waals surface area contributed by atoms with Crippen LogP contribution >= 0.6 is 0 Å². The Bertz CT molecular complexity index is 1310. The zero-order chi connectivity index (χ0) is 25.3. The van der Waals surface area contributed by atoms with Gasteiger partial charge in [0.1, 0.15) is 12.6 Å². The summed E-state index contributed by atoms with van der Waals surface area (Å²) in [6, 6.07) is 29.6. The molecule has 0 bridgehead atoms. The molecule has 0 fully saturated rings. The van der Waals surface area contributed by atoms with Crippen LogP contribution in [0.25, 0.3) is 11.1 Å². The topological polar surface area (TPSA) is 64.6 Å². The minimum atomic E-state index is -0.817. The highest BCUT2D eigenvalue weighted by Gasteiger charge is 2.22. The van der Waals surface area contributed by atoms with E-state index in [0.29, 0.717) is 17.5 Å². The lowest BCUT2D eigenvalue weighted by atomic mass is 10.0. The molecule has 5 nitrogen and oxygen atoms in total. The smallest absolute Gasteiger partial charge is 0.328 e. The van der Waals surface area contributed by atoms with Crippen molar-refractivity contribution in [3.63, 3.8) is 0 Å². The van der Waals surface area contributed by atoms with Gasteiger partial charge in [-0.25, -0.2) is 9.18 Å². The Hall–Kier alpha value is -4.45. The van der Waals surface area contributed by atoms with Gasteiger partial charge in [-0.3, -0.25) is 4.79 Å². The molecule has 0 aliphatic carbocycles. The highest BCUT2D eigenvalue weighted by atomic mass is 19.1. The normalized spacial score (nSPS) is 11.4. The molecule has 0 saturated carbocycles. The van der Waals surface area contributed by atoms with Crippen LogP contribution in [0.1, 0.15) is 21.5 Å². The molecule has 1 amide bonds. The standard InChI is InChI=1S/C30H26FNO4/c1-35-30(34)27(18-21-8-4-2-5-9-21)32-29(33)24-14-12-23(13-15-24)25-16-17-28(26(31)19-25)36-20-22-10-6-3-7-11-22/h2-17,19,27H,18,20H2,1H3,(H,32,33). The molecule has 0 aliphatic rings. The first kappa shape index (κ1) is 24.7. The van der Waals surface area contributed by atoms with Crippen LogP contribution in [-0.4, -0.2) is 25.0 Å². The minimum absolute atomic E-state index is 0.172. The van der Waals surface area contributed by atoms with Crippen LogP contribution in [0.15, 0.2) is 103 Å². The van der Waals surface area contributed by atoms with Gasteiger partial charge in [0.2, 0.25) is 0 Å². The average Bonchev–Trinajstić information content (AvgIpc) is 2.92. The molecule has 0 radical (unpaired) electrons. The number of esters is 1. The Labute approximate surface area is 209 Å². The first-order valence-corrected chi connectivity index (χ1v) is 11.5. The molecule has 0 aromatic heterocycles. The second-order valence-corrected chi connectivity index (χ2v) is 8.24. The van der Waals surface area contributed by atoms with Crippen molar-refractivity contribution in [1.29, 1.82) is 0 Å². The zero-order valence-electron chi connectivity index (χ0n) is 19.8.